The number of carbonyl (C=O) groups excluding carboxylic acids is 2. The van der Waals surface area contributed by atoms with Crippen molar-refractivity contribution in [2.24, 2.45) is 5.73 Å². The van der Waals surface area contributed by atoms with Crippen molar-refractivity contribution in [1.82, 2.24) is 5.32 Å². The summed E-state index contributed by atoms with van der Waals surface area (Å²) in [5.41, 5.74) is 5.83. The van der Waals surface area contributed by atoms with E-state index in [0.29, 0.717) is 24.6 Å². The SMILES string of the molecule is NC(=O)C[C@@H](NC(=O)c1cccc2c1OCCN2)C(=O)O. The third-order valence-electron chi connectivity index (χ3n) is 2.93. The fourth-order valence-electron chi connectivity index (χ4n) is 1.99. The Labute approximate surface area is 120 Å². The number of nitrogens with one attached hydrogen (secondary N) is 2. The molecule has 1 aliphatic heterocycles. The van der Waals surface area contributed by atoms with E-state index >= 15 is 0 Å². The van der Waals surface area contributed by atoms with Crippen LogP contribution in [-0.4, -0.2) is 42.1 Å². The molecule has 0 radical (unpaired) electrons. The third kappa shape index (κ3) is 3.41. The second kappa shape index (κ2) is 6.12. The van der Waals surface area contributed by atoms with Crippen LogP contribution in [0.5, 0.6) is 5.75 Å². The van der Waals surface area contributed by atoms with E-state index in [9.17, 15) is 14.4 Å². The number of carbonyl (C=O) groups is 3. The van der Waals surface area contributed by atoms with Gasteiger partial charge in [0.05, 0.1) is 17.7 Å². The van der Waals surface area contributed by atoms with E-state index in [1.165, 1.54) is 6.07 Å². The first-order valence-electron chi connectivity index (χ1n) is 6.30. The first-order chi connectivity index (χ1) is 9.99. The third-order valence-corrected chi connectivity index (χ3v) is 2.93. The molecule has 1 heterocycles. The van der Waals surface area contributed by atoms with Gasteiger partial charge in [0.15, 0.2) is 5.75 Å². The Morgan fingerprint density at radius 1 is 1.43 bits per heavy atom. The van der Waals surface area contributed by atoms with Crippen LogP contribution in [0.4, 0.5) is 5.69 Å². The largest absolute Gasteiger partial charge is 0.489 e. The molecule has 112 valence electrons. The van der Waals surface area contributed by atoms with Crippen LogP contribution in [0.25, 0.3) is 0 Å². The number of hydrogen-bond acceptors (Lipinski definition) is 5. The molecule has 0 aromatic heterocycles. The molecular weight excluding hydrogens is 278 g/mol. The molecule has 1 aromatic rings. The molecule has 0 saturated carbocycles. The zero-order valence-electron chi connectivity index (χ0n) is 11.1. The lowest BCUT2D eigenvalue weighted by Crippen LogP contribution is -2.43. The van der Waals surface area contributed by atoms with Crippen LogP contribution in [0.1, 0.15) is 16.8 Å². The predicted octanol–water partition coefficient (Wildman–Crippen LogP) is -0.451. The number of nitrogens with two attached hydrogens (primary N) is 1. The zero-order valence-corrected chi connectivity index (χ0v) is 11.1. The van der Waals surface area contributed by atoms with Crippen LogP contribution in [-0.2, 0) is 9.59 Å². The van der Waals surface area contributed by atoms with E-state index < -0.39 is 30.2 Å². The summed E-state index contributed by atoms with van der Waals surface area (Å²) in [5, 5.41) is 14.3. The van der Waals surface area contributed by atoms with Gasteiger partial charge in [0.2, 0.25) is 5.91 Å². The highest BCUT2D eigenvalue weighted by Gasteiger charge is 2.25. The maximum atomic E-state index is 12.2. The van der Waals surface area contributed by atoms with Crippen LogP contribution in [0.3, 0.4) is 0 Å². The van der Waals surface area contributed by atoms with Crippen molar-refractivity contribution in [2.75, 3.05) is 18.5 Å². The quantitative estimate of drug-likeness (QED) is 0.581. The minimum atomic E-state index is -1.37. The lowest BCUT2D eigenvalue weighted by molar-refractivity contribution is -0.140. The molecule has 1 aromatic carbocycles. The highest BCUT2D eigenvalue weighted by molar-refractivity contribution is 6.01. The number of hydrogen-bond donors (Lipinski definition) is 4. The minimum Gasteiger partial charge on any atom is -0.489 e. The molecule has 5 N–H and O–H groups in total. The summed E-state index contributed by atoms with van der Waals surface area (Å²) in [5.74, 6) is -2.41. The predicted molar refractivity (Wildman–Crippen MR) is 73.1 cm³/mol. The summed E-state index contributed by atoms with van der Waals surface area (Å²) in [6, 6.07) is 3.55. The van der Waals surface area contributed by atoms with Crippen molar-refractivity contribution >= 4 is 23.5 Å². The van der Waals surface area contributed by atoms with Gasteiger partial charge in [-0.3, -0.25) is 9.59 Å². The van der Waals surface area contributed by atoms with Crippen molar-refractivity contribution in [3.05, 3.63) is 23.8 Å². The second-order valence-electron chi connectivity index (χ2n) is 4.49. The first kappa shape index (κ1) is 14.6. The van der Waals surface area contributed by atoms with E-state index in [2.05, 4.69) is 10.6 Å². The van der Waals surface area contributed by atoms with Crippen LogP contribution in [0.2, 0.25) is 0 Å². The van der Waals surface area contributed by atoms with Gasteiger partial charge < -0.3 is 26.2 Å². The number of benzene rings is 1. The molecule has 8 nitrogen and oxygen atoms in total. The van der Waals surface area contributed by atoms with Gasteiger partial charge in [0, 0.05) is 6.54 Å². The molecule has 2 rings (SSSR count). The van der Waals surface area contributed by atoms with Crippen molar-refractivity contribution in [1.29, 1.82) is 0 Å². The van der Waals surface area contributed by atoms with Crippen molar-refractivity contribution in [3.8, 4) is 5.75 Å². The zero-order chi connectivity index (χ0) is 15.4. The number of para-hydroxylation sites is 1. The number of carboxylic acid groups (broad SMARTS) is 1. The number of primary amides is 1. The molecule has 0 unspecified atom stereocenters. The average Bonchev–Trinajstić information content (AvgIpc) is 2.45. The summed E-state index contributed by atoms with van der Waals surface area (Å²) < 4.78 is 5.44. The Balaban J connectivity index is 2.20. The molecule has 0 spiro atoms. The highest BCUT2D eigenvalue weighted by Crippen LogP contribution is 2.31. The summed E-state index contributed by atoms with van der Waals surface area (Å²) >= 11 is 0. The Kier molecular flexibility index (Phi) is 4.27. The number of amides is 2. The summed E-state index contributed by atoms with van der Waals surface area (Å²) in [7, 11) is 0. The molecule has 0 aliphatic carbocycles. The van der Waals surface area contributed by atoms with Crippen LogP contribution in [0.15, 0.2) is 18.2 Å². The van der Waals surface area contributed by atoms with Gasteiger partial charge in [-0.05, 0) is 12.1 Å². The standard InChI is InChI=1S/C13H15N3O5/c14-10(17)6-9(13(19)20)16-12(18)7-2-1-3-8-11(7)21-5-4-15-8/h1-3,9,15H,4-6H2,(H2,14,17)(H,16,18)(H,19,20)/t9-/m1/s1. The fourth-order valence-corrected chi connectivity index (χ4v) is 1.99. The molecule has 0 fully saturated rings. The summed E-state index contributed by atoms with van der Waals surface area (Å²) in [4.78, 5) is 34.0. The molecule has 1 atom stereocenters. The number of aliphatic carboxylic acids is 1. The molecule has 2 amide bonds. The Bertz CT molecular complexity index is 587. The van der Waals surface area contributed by atoms with E-state index in [-0.39, 0.29) is 5.56 Å². The van der Waals surface area contributed by atoms with Gasteiger partial charge in [-0.2, -0.15) is 0 Å². The summed E-state index contributed by atoms with van der Waals surface area (Å²) in [6.45, 7) is 1.03. The lowest BCUT2D eigenvalue weighted by Gasteiger charge is -2.22. The van der Waals surface area contributed by atoms with Gasteiger partial charge in [-0.1, -0.05) is 6.07 Å². The van der Waals surface area contributed by atoms with Gasteiger partial charge in [0.1, 0.15) is 12.6 Å². The number of fused-ring (bicyclic) bond motifs is 1. The van der Waals surface area contributed by atoms with Gasteiger partial charge in [0.25, 0.3) is 5.91 Å². The Hall–Kier alpha value is -2.77. The van der Waals surface area contributed by atoms with Gasteiger partial charge in [-0.25, -0.2) is 4.79 Å². The van der Waals surface area contributed by atoms with Crippen LogP contribution in [0, 0.1) is 0 Å². The van der Waals surface area contributed by atoms with Crippen molar-refractivity contribution < 1.29 is 24.2 Å². The molecule has 21 heavy (non-hydrogen) atoms. The van der Waals surface area contributed by atoms with E-state index in [1.807, 2.05) is 0 Å². The smallest absolute Gasteiger partial charge is 0.326 e. The molecule has 1 aliphatic rings. The van der Waals surface area contributed by atoms with Crippen LogP contribution < -0.4 is 21.1 Å². The molecular formula is C13H15N3O5. The van der Waals surface area contributed by atoms with Crippen molar-refractivity contribution in [3.63, 3.8) is 0 Å². The number of anilines is 1. The topological polar surface area (TPSA) is 131 Å². The van der Waals surface area contributed by atoms with Gasteiger partial charge >= 0.3 is 5.97 Å². The molecule has 0 bridgehead atoms. The average molecular weight is 293 g/mol. The van der Waals surface area contributed by atoms with Gasteiger partial charge in [-0.15, -0.1) is 0 Å². The Morgan fingerprint density at radius 3 is 2.86 bits per heavy atom. The fraction of sp³-hybridized carbons (Fsp3) is 0.308. The maximum Gasteiger partial charge on any atom is 0.326 e. The van der Waals surface area contributed by atoms with E-state index in [0.717, 1.165) is 0 Å². The first-order valence-corrected chi connectivity index (χ1v) is 6.30. The second-order valence-corrected chi connectivity index (χ2v) is 4.49. The van der Waals surface area contributed by atoms with Crippen LogP contribution >= 0.6 is 0 Å². The monoisotopic (exact) mass is 293 g/mol. The number of carboxylic acids is 1. The number of rotatable bonds is 5. The lowest BCUT2D eigenvalue weighted by atomic mass is 10.1. The Morgan fingerprint density at radius 2 is 2.19 bits per heavy atom. The number of ether oxygens (including phenoxy) is 1. The highest BCUT2D eigenvalue weighted by atomic mass is 16.5. The van der Waals surface area contributed by atoms with Crippen molar-refractivity contribution in [2.45, 2.75) is 12.5 Å². The maximum absolute atomic E-state index is 12.2. The van der Waals surface area contributed by atoms with E-state index in [4.69, 9.17) is 15.6 Å². The normalized spacial score (nSPS) is 14.1. The molecule has 0 saturated heterocycles. The van der Waals surface area contributed by atoms with E-state index in [1.54, 1.807) is 12.1 Å². The minimum absolute atomic E-state index is 0.204. The summed E-state index contributed by atoms with van der Waals surface area (Å²) in [6.07, 6.45) is -0.477. The molecule has 8 heteroatoms.